The Bertz CT molecular complexity index is 1060. The van der Waals surface area contributed by atoms with Crippen LogP contribution in [0.5, 0.6) is 0 Å². The maximum Gasteiger partial charge on any atom is 0.333 e. The molecule has 4 heterocycles. The maximum absolute atomic E-state index is 13.5. The lowest BCUT2D eigenvalue weighted by atomic mass is 9.82. The van der Waals surface area contributed by atoms with Crippen molar-refractivity contribution in [1.82, 2.24) is 0 Å². The highest BCUT2D eigenvalue weighted by molar-refractivity contribution is 8.04. The summed E-state index contributed by atoms with van der Waals surface area (Å²) in [7, 11) is 0. The molecule has 3 fully saturated rings. The monoisotopic (exact) mass is 491 g/mol. The van der Waals surface area contributed by atoms with Gasteiger partial charge in [-0.05, 0) is 35.4 Å². The van der Waals surface area contributed by atoms with Gasteiger partial charge in [0.15, 0.2) is 17.9 Å². The minimum atomic E-state index is -0.572. The second kappa shape index (κ2) is 10.6. The van der Waals surface area contributed by atoms with E-state index in [1.165, 1.54) is 4.91 Å². The number of para-hydroxylation sites is 1. The highest BCUT2D eigenvalue weighted by atomic mass is 32.2. The molecule has 6 rings (SSSR count). The lowest BCUT2D eigenvalue weighted by molar-refractivity contribution is -0.939. The van der Waals surface area contributed by atoms with Crippen molar-refractivity contribution in [1.29, 1.82) is 0 Å². The lowest BCUT2D eigenvalue weighted by Gasteiger charge is -2.52. The van der Waals surface area contributed by atoms with E-state index in [0.717, 1.165) is 61.1 Å². The van der Waals surface area contributed by atoms with Gasteiger partial charge in [0.05, 0.1) is 18.3 Å². The third-order valence-electron chi connectivity index (χ3n) is 7.81. The summed E-state index contributed by atoms with van der Waals surface area (Å²) < 4.78 is 7.01. The molecule has 2 unspecified atom stereocenters. The third-order valence-corrected chi connectivity index (χ3v) is 9.31. The van der Waals surface area contributed by atoms with E-state index in [-0.39, 0.29) is 17.3 Å². The fourth-order valence-electron chi connectivity index (χ4n) is 5.79. The Labute approximate surface area is 212 Å². The predicted molar refractivity (Wildman–Crippen MR) is 141 cm³/mol. The molecule has 0 amide bonds. The van der Waals surface area contributed by atoms with Gasteiger partial charge in [0.2, 0.25) is 0 Å². The number of ketones is 1. The Morgan fingerprint density at radius 1 is 1.06 bits per heavy atom. The molecule has 0 aromatic heterocycles. The van der Waals surface area contributed by atoms with E-state index < -0.39 is 6.04 Å². The molecule has 3 saturated heterocycles. The molecule has 2 aromatic carbocycles. The summed E-state index contributed by atoms with van der Waals surface area (Å²) in [6, 6.07) is 19.0. The lowest BCUT2D eigenvalue weighted by Crippen LogP contribution is -2.66. The largest absolute Gasteiger partial charge is 0.454 e. The van der Waals surface area contributed by atoms with Gasteiger partial charge in [-0.1, -0.05) is 61.5 Å². The van der Waals surface area contributed by atoms with Crippen molar-refractivity contribution in [3.05, 3.63) is 77.2 Å². The Morgan fingerprint density at radius 2 is 1.74 bits per heavy atom. The van der Waals surface area contributed by atoms with Crippen LogP contribution in [0.1, 0.15) is 44.2 Å². The number of fused-ring (bicyclic) bond motifs is 3. The zero-order valence-electron chi connectivity index (χ0n) is 20.4. The van der Waals surface area contributed by atoms with Crippen LogP contribution in [0.4, 0.5) is 5.69 Å². The van der Waals surface area contributed by atoms with Crippen LogP contribution < -0.4 is 5.32 Å². The number of benzene rings is 2. The van der Waals surface area contributed by atoms with Crippen LogP contribution in [0.2, 0.25) is 0 Å². The second-order valence-corrected chi connectivity index (χ2v) is 11.5. The molecule has 4 aliphatic heterocycles. The van der Waals surface area contributed by atoms with Crippen molar-refractivity contribution in [2.45, 2.75) is 50.0 Å². The number of hydrogen-bond donors (Lipinski definition) is 1. The number of quaternary nitrogens is 1. The van der Waals surface area contributed by atoms with Crippen molar-refractivity contribution in [2.75, 3.05) is 31.5 Å². The van der Waals surface area contributed by atoms with E-state index in [4.69, 9.17) is 4.74 Å². The summed E-state index contributed by atoms with van der Waals surface area (Å²) in [6.07, 6.45) is 5.99. The zero-order valence-corrected chi connectivity index (χ0v) is 21.2. The molecule has 2 aromatic rings. The molecule has 0 spiro atoms. The zero-order chi connectivity index (χ0) is 24.3. The van der Waals surface area contributed by atoms with Crippen LogP contribution in [0, 0.1) is 5.92 Å². The number of nitrogens with zero attached hydrogens (tertiary/aromatic N) is 1. The highest BCUT2D eigenvalue weighted by Crippen LogP contribution is 2.39. The molecule has 2 bridgehead atoms. The van der Waals surface area contributed by atoms with Gasteiger partial charge < -0.3 is 14.5 Å². The van der Waals surface area contributed by atoms with Gasteiger partial charge in [-0.2, -0.15) is 0 Å². The number of thioether (sulfide) groups is 1. The summed E-state index contributed by atoms with van der Waals surface area (Å²) in [5.74, 6) is 0.496. The first-order valence-corrected chi connectivity index (χ1v) is 13.7. The van der Waals surface area contributed by atoms with Crippen molar-refractivity contribution in [3.63, 3.8) is 0 Å². The minimum absolute atomic E-state index is 0.0654. The Hall–Kier alpha value is -2.57. The van der Waals surface area contributed by atoms with Crippen LogP contribution >= 0.6 is 11.8 Å². The first-order valence-electron chi connectivity index (χ1n) is 12.9. The number of carbonyl (C=O) groups is 2. The second-order valence-electron chi connectivity index (χ2n) is 10.1. The van der Waals surface area contributed by atoms with Gasteiger partial charge in [-0.25, -0.2) is 4.79 Å². The highest BCUT2D eigenvalue weighted by Gasteiger charge is 2.49. The molecule has 35 heavy (non-hydrogen) atoms. The summed E-state index contributed by atoms with van der Waals surface area (Å²) in [5.41, 5.74) is 1.77. The van der Waals surface area contributed by atoms with Crippen molar-refractivity contribution in [3.8, 4) is 0 Å². The Kier molecular flexibility index (Phi) is 7.30. The molecule has 5 nitrogen and oxygen atoms in total. The van der Waals surface area contributed by atoms with Crippen LogP contribution in [-0.4, -0.2) is 53.8 Å². The van der Waals surface area contributed by atoms with E-state index >= 15 is 0 Å². The quantitative estimate of drug-likeness (QED) is 0.378. The standard InChI is InChI=1S/C29H35N2O3S/c1-2-24-13-14-27(35-24)25(32)19-31-17-15-21(16-18-31)26(20-31)34-29(33)28(22-9-5-3-6-10-22)30-23-11-7-4-8-12-23/h3-13,21,26-28,30H,2,14-20H2,1H3/q+1/t21?,26-,27?,28?,31?/m0/s1. The molecule has 3 atom stereocenters. The summed E-state index contributed by atoms with van der Waals surface area (Å²) in [6.45, 7) is 5.49. The Balaban J connectivity index is 1.27. The SMILES string of the molecule is CCC1=CCC(C(=O)C[N+]23CCC(CC2)[C@@H](OC(=O)C(Nc2ccccc2)c2ccccc2)C3)S1. The van der Waals surface area contributed by atoms with Crippen LogP contribution in [-0.2, 0) is 14.3 Å². The number of allylic oxidation sites excluding steroid dienone is 2. The van der Waals surface area contributed by atoms with Gasteiger partial charge in [0.1, 0.15) is 13.1 Å². The normalized spacial score (nSPS) is 28.3. The number of esters is 1. The molecule has 6 heteroatoms. The van der Waals surface area contributed by atoms with Crippen molar-refractivity contribution in [2.24, 2.45) is 5.92 Å². The Morgan fingerprint density at radius 3 is 2.40 bits per heavy atom. The molecular weight excluding hydrogens is 456 g/mol. The topological polar surface area (TPSA) is 55.4 Å². The molecule has 4 aliphatic rings. The van der Waals surface area contributed by atoms with Crippen molar-refractivity contribution < 1.29 is 18.8 Å². The molecule has 184 valence electrons. The predicted octanol–water partition coefficient (Wildman–Crippen LogP) is 5.36. The van der Waals surface area contributed by atoms with E-state index in [1.807, 2.05) is 60.7 Å². The number of nitrogens with one attached hydrogen (secondary N) is 1. The summed E-state index contributed by atoms with van der Waals surface area (Å²) in [4.78, 5) is 28.1. The first kappa shape index (κ1) is 24.1. The molecule has 1 N–H and O–H groups in total. The van der Waals surface area contributed by atoms with Crippen molar-refractivity contribution >= 4 is 29.2 Å². The number of rotatable bonds is 9. The fraction of sp³-hybridized carbons (Fsp3) is 0.448. The van der Waals surface area contributed by atoms with E-state index in [2.05, 4.69) is 18.3 Å². The van der Waals surface area contributed by atoms with E-state index in [1.54, 1.807) is 11.8 Å². The first-order chi connectivity index (χ1) is 17.0. The fourth-order valence-corrected chi connectivity index (χ4v) is 6.92. The molecular formula is C29H35N2O3S+. The average Bonchev–Trinajstić information content (AvgIpc) is 3.39. The number of anilines is 1. The summed E-state index contributed by atoms with van der Waals surface area (Å²) in [5, 5.41) is 3.44. The van der Waals surface area contributed by atoms with Crippen LogP contribution in [0.15, 0.2) is 71.6 Å². The average molecular weight is 492 g/mol. The van der Waals surface area contributed by atoms with Gasteiger partial charge in [0, 0.05) is 24.4 Å². The summed E-state index contributed by atoms with van der Waals surface area (Å²) >= 11 is 1.75. The smallest absolute Gasteiger partial charge is 0.333 e. The van der Waals surface area contributed by atoms with E-state index in [9.17, 15) is 9.59 Å². The van der Waals surface area contributed by atoms with Gasteiger partial charge >= 0.3 is 5.97 Å². The molecule has 0 saturated carbocycles. The molecule has 0 aliphatic carbocycles. The van der Waals surface area contributed by atoms with Gasteiger partial charge in [0.25, 0.3) is 0 Å². The number of ether oxygens (including phenoxy) is 1. The van der Waals surface area contributed by atoms with Crippen LogP contribution in [0.3, 0.4) is 0 Å². The van der Waals surface area contributed by atoms with E-state index in [0.29, 0.717) is 18.2 Å². The van der Waals surface area contributed by atoms with Gasteiger partial charge in [-0.3, -0.25) is 4.79 Å². The van der Waals surface area contributed by atoms with Gasteiger partial charge in [-0.15, -0.1) is 11.8 Å². The number of Topliss-reactive ketones (excluding diaryl/α,β-unsaturated/α-hetero) is 1. The maximum atomic E-state index is 13.5. The minimum Gasteiger partial charge on any atom is -0.454 e. The number of piperidine rings is 3. The van der Waals surface area contributed by atoms with Crippen LogP contribution in [0.25, 0.3) is 0 Å². The molecule has 0 radical (unpaired) electrons. The number of hydrogen-bond acceptors (Lipinski definition) is 5. The number of carbonyl (C=O) groups excluding carboxylic acids is 2. The third kappa shape index (κ3) is 5.49.